The zero-order chi connectivity index (χ0) is 21.8. The molecule has 5 rings (SSSR count). The second-order valence-electron chi connectivity index (χ2n) is 8.40. The van der Waals surface area contributed by atoms with Crippen LogP contribution in [-0.4, -0.2) is 56.3 Å². The molecule has 31 heavy (non-hydrogen) atoms. The van der Waals surface area contributed by atoms with E-state index < -0.39 is 29.5 Å². The summed E-state index contributed by atoms with van der Waals surface area (Å²) in [6.45, 7) is 3.33. The third-order valence-corrected chi connectivity index (χ3v) is 6.68. The van der Waals surface area contributed by atoms with E-state index in [1.165, 1.54) is 12.1 Å². The van der Waals surface area contributed by atoms with E-state index in [2.05, 4.69) is 5.10 Å². The summed E-state index contributed by atoms with van der Waals surface area (Å²) in [7, 11) is 0. The predicted octanol–water partition coefficient (Wildman–Crippen LogP) is 2.88. The summed E-state index contributed by atoms with van der Waals surface area (Å²) in [4.78, 5) is 29.7. The van der Waals surface area contributed by atoms with Gasteiger partial charge in [-0.3, -0.25) is 14.3 Å². The summed E-state index contributed by atoms with van der Waals surface area (Å²) in [6, 6.07) is 4.70. The Bertz CT molecular complexity index is 1010. The summed E-state index contributed by atoms with van der Waals surface area (Å²) >= 11 is 0. The molecule has 1 aromatic carbocycles. The van der Waals surface area contributed by atoms with Gasteiger partial charge in [0.1, 0.15) is 23.6 Å². The van der Waals surface area contributed by atoms with Gasteiger partial charge in [-0.2, -0.15) is 5.10 Å². The largest absolute Gasteiger partial charge is 0.342 e. The van der Waals surface area contributed by atoms with Crippen LogP contribution in [0.4, 0.5) is 8.78 Å². The average Bonchev–Trinajstić information content (AvgIpc) is 3.44. The number of hydrogen-bond acceptors (Lipinski definition) is 4. The number of likely N-dealkylation sites (tertiary alicyclic amines) is 1. The second kappa shape index (κ2) is 7.40. The Kier molecular flexibility index (Phi) is 4.80. The number of carbonyl (C=O) groups is 2. The summed E-state index contributed by atoms with van der Waals surface area (Å²) in [5, 5.41) is 4.15. The molecule has 2 amide bonds. The third-order valence-electron chi connectivity index (χ3n) is 6.68. The van der Waals surface area contributed by atoms with Crippen molar-refractivity contribution in [3.63, 3.8) is 0 Å². The van der Waals surface area contributed by atoms with Gasteiger partial charge < -0.3 is 14.5 Å². The molecule has 0 unspecified atom stereocenters. The maximum Gasteiger partial charge on any atom is 0.272 e. The van der Waals surface area contributed by atoms with Crippen LogP contribution in [0.15, 0.2) is 30.5 Å². The minimum Gasteiger partial charge on any atom is -0.342 e. The number of aromatic nitrogens is 2. The molecular weight excluding hydrogens is 406 g/mol. The number of halogens is 2. The summed E-state index contributed by atoms with van der Waals surface area (Å²) in [6.07, 6.45) is 3.22. The van der Waals surface area contributed by atoms with Gasteiger partial charge in [0.2, 0.25) is 0 Å². The van der Waals surface area contributed by atoms with Crippen molar-refractivity contribution < 1.29 is 23.1 Å². The fourth-order valence-corrected chi connectivity index (χ4v) is 5.14. The molecule has 7 nitrogen and oxygen atoms in total. The number of carbonyl (C=O) groups excluding carboxylic acids is 2. The Hall–Kier alpha value is -2.81. The molecule has 9 heteroatoms. The normalized spacial score (nSPS) is 24.8. The molecule has 3 aliphatic heterocycles. The Morgan fingerprint density at radius 1 is 1.19 bits per heavy atom. The van der Waals surface area contributed by atoms with E-state index in [0.29, 0.717) is 56.6 Å². The minimum absolute atomic E-state index is 0.103. The van der Waals surface area contributed by atoms with Crippen LogP contribution in [0.25, 0.3) is 0 Å². The van der Waals surface area contributed by atoms with Gasteiger partial charge in [0.05, 0.1) is 6.04 Å². The van der Waals surface area contributed by atoms with Crippen molar-refractivity contribution in [2.45, 2.75) is 57.0 Å². The van der Waals surface area contributed by atoms with E-state index in [0.717, 1.165) is 6.07 Å². The minimum atomic E-state index is -0.975. The van der Waals surface area contributed by atoms with Crippen LogP contribution in [0.5, 0.6) is 0 Å². The highest BCUT2D eigenvalue weighted by Crippen LogP contribution is 2.47. The van der Waals surface area contributed by atoms with E-state index >= 15 is 0 Å². The van der Waals surface area contributed by atoms with E-state index in [-0.39, 0.29) is 11.8 Å². The number of aryl methyl sites for hydroxylation is 1. The van der Waals surface area contributed by atoms with Crippen molar-refractivity contribution in [2.75, 3.05) is 13.1 Å². The highest BCUT2D eigenvalue weighted by Gasteiger charge is 2.58. The predicted molar refractivity (Wildman–Crippen MR) is 106 cm³/mol. The fraction of sp³-hybridized carbons (Fsp3) is 0.500. The lowest BCUT2D eigenvalue weighted by Gasteiger charge is -2.37. The standard InChI is InChI=1S/C22H24F2N4O3/c1-2-27-18(5-8-25-27)20(29)26-9-6-22(7-10-26)21(30)28-17(3-4-19(28)31-22)14-11-15(23)13-16(24)12-14/h5,8,11-13,17,19H,2-4,6-7,9-10H2,1H3/t17-,19+/m0/s1. The number of ether oxygens (including phenoxy) is 1. The van der Waals surface area contributed by atoms with Gasteiger partial charge >= 0.3 is 0 Å². The molecule has 0 bridgehead atoms. The molecular formula is C22H24F2N4O3. The maximum absolute atomic E-state index is 13.7. The molecule has 0 aliphatic carbocycles. The molecule has 2 atom stereocenters. The van der Waals surface area contributed by atoms with E-state index in [9.17, 15) is 18.4 Å². The molecule has 3 saturated heterocycles. The number of piperidine rings is 1. The first kappa shape index (κ1) is 20.1. The van der Waals surface area contributed by atoms with Gasteiger partial charge in [0, 0.05) is 44.7 Å². The SMILES string of the molecule is CCn1nccc1C(=O)N1CCC2(CC1)O[C@@H]1CC[C@@H](c3cc(F)cc(F)c3)N1C2=O. The first-order valence-corrected chi connectivity index (χ1v) is 10.7. The molecule has 1 aromatic heterocycles. The van der Waals surface area contributed by atoms with Crippen molar-refractivity contribution in [3.05, 3.63) is 53.4 Å². The highest BCUT2D eigenvalue weighted by molar-refractivity contribution is 5.93. The van der Waals surface area contributed by atoms with Gasteiger partial charge in [-0.1, -0.05) is 0 Å². The lowest BCUT2D eigenvalue weighted by atomic mass is 9.89. The lowest BCUT2D eigenvalue weighted by Crippen LogP contribution is -2.52. The number of amides is 2. The number of benzene rings is 1. The smallest absolute Gasteiger partial charge is 0.272 e. The van der Waals surface area contributed by atoms with Gasteiger partial charge in [0.25, 0.3) is 11.8 Å². The molecule has 3 aliphatic rings. The van der Waals surface area contributed by atoms with Crippen LogP contribution in [0.1, 0.15) is 54.7 Å². The number of hydrogen-bond donors (Lipinski definition) is 0. The van der Waals surface area contributed by atoms with Gasteiger partial charge in [-0.05, 0) is 43.5 Å². The second-order valence-corrected chi connectivity index (χ2v) is 8.40. The van der Waals surface area contributed by atoms with E-state index in [1.54, 1.807) is 26.7 Å². The molecule has 1 spiro atoms. The van der Waals surface area contributed by atoms with Crippen LogP contribution in [0.2, 0.25) is 0 Å². The highest BCUT2D eigenvalue weighted by atomic mass is 19.1. The zero-order valence-electron chi connectivity index (χ0n) is 17.3. The molecule has 3 fully saturated rings. The first-order chi connectivity index (χ1) is 14.9. The monoisotopic (exact) mass is 430 g/mol. The topological polar surface area (TPSA) is 67.7 Å². The van der Waals surface area contributed by atoms with Crippen LogP contribution in [-0.2, 0) is 16.1 Å². The maximum atomic E-state index is 13.7. The summed E-state index contributed by atoms with van der Waals surface area (Å²) in [5.74, 6) is -1.55. The van der Waals surface area contributed by atoms with E-state index in [4.69, 9.17) is 4.74 Å². The lowest BCUT2D eigenvalue weighted by molar-refractivity contribution is -0.142. The Labute approximate surface area is 178 Å². The molecule has 0 radical (unpaired) electrons. The fourth-order valence-electron chi connectivity index (χ4n) is 5.14. The molecule has 2 aromatic rings. The van der Waals surface area contributed by atoms with Gasteiger partial charge in [-0.15, -0.1) is 0 Å². The Morgan fingerprint density at radius 2 is 1.90 bits per heavy atom. The van der Waals surface area contributed by atoms with Crippen LogP contribution in [0, 0.1) is 11.6 Å². The van der Waals surface area contributed by atoms with E-state index in [1.807, 2.05) is 6.92 Å². The Balaban J connectivity index is 1.32. The third kappa shape index (κ3) is 3.22. The van der Waals surface area contributed by atoms with Crippen molar-refractivity contribution >= 4 is 11.8 Å². The van der Waals surface area contributed by atoms with Gasteiger partial charge in [0.15, 0.2) is 5.60 Å². The summed E-state index contributed by atoms with van der Waals surface area (Å²) < 4.78 is 35.4. The van der Waals surface area contributed by atoms with Crippen molar-refractivity contribution in [2.24, 2.45) is 0 Å². The zero-order valence-corrected chi connectivity index (χ0v) is 17.3. The Morgan fingerprint density at radius 3 is 2.58 bits per heavy atom. The summed E-state index contributed by atoms with van der Waals surface area (Å²) in [5.41, 5.74) is 0.0112. The molecule has 4 heterocycles. The van der Waals surface area contributed by atoms with Gasteiger partial charge in [-0.25, -0.2) is 8.78 Å². The van der Waals surface area contributed by atoms with Crippen molar-refractivity contribution in [1.29, 1.82) is 0 Å². The first-order valence-electron chi connectivity index (χ1n) is 10.7. The van der Waals surface area contributed by atoms with Crippen LogP contribution < -0.4 is 0 Å². The van der Waals surface area contributed by atoms with Crippen LogP contribution in [0.3, 0.4) is 0 Å². The average molecular weight is 430 g/mol. The molecule has 0 saturated carbocycles. The number of rotatable bonds is 3. The van der Waals surface area contributed by atoms with Crippen molar-refractivity contribution in [1.82, 2.24) is 19.6 Å². The molecule has 164 valence electrons. The molecule has 0 N–H and O–H groups in total. The van der Waals surface area contributed by atoms with Crippen molar-refractivity contribution in [3.8, 4) is 0 Å². The quantitative estimate of drug-likeness (QED) is 0.751. The number of nitrogens with zero attached hydrogens (tertiary/aromatic N) is 4. The number of fused-ring (bicyclic) bond motifs is 1. The van der Waals surface area contributed by atoms with Crippen LogP contribution >= 0.6 is 0 Å².